The summed E-state index contributed by atoms with van der Waals surface area (Å²) in [5, 5.41) is 20.9. The highest BCUT2D eigenvalue weighted by molar-refractivity contribution is 6.33. The van der Waals surface area contributed by atoms with Crippen molar-refractivity contribution in [1.82, 2.24) is 0 Å². The molecule has 1 aromatic heterocycles. The molecule has 1 aromatic carbocycles. The van der Waals surface area contributed by atoms with Crippen LogP contribution >= 0.6 is 11.6 Å². The first-order valence-electron chi connectivity index (χ1n) is 5.34. The predicted molar refractivity (Wildman–Crippen MR) is 69.2 cm³/mol. The van der Waals surface area contributed by atoms with Crippen LogP contribution in [-0.4, -0.2) is 11.1 Å². The molecule has 0 amide bonds. The van der Waals surface area contributed by atoms with Gasteiger partial charge in [-0.15, -0.1) is 0 Å². The van der Waals surface area contributed by atoms with Crippen molar-refractivity contribution in [1.29, 1.82) is 5.26 Å². The van der Waals surface area contributed by atoms with Crippen LogP contribution in [0.15, 0.2) is 34.9 Å². The average molecular weight is 277 g/mol. The van der Waals surface area contributed by atoms with Crippen molar-refractivity contribution in [2.24, 2.45) is 0 Å². The second-order valence-corrected chi connectivity index (χ2v) is 4.17. The summed E-state index contributed by atoms with van der Waals surface area (Å²) < 4.78 is 5.09. The molecule has 0 saturated heterocycles. The zero-order valence-electron chi connectivity index (χ0n) is 9.68. The quantitative estimate of drug-likeness (QED) is 0.896. The second-order valence-electron chi connectivity index (χ2n) is 3.77. The van der Waals surface area contributed by atoms with E-state index in [9.17, 15) is 4.79 Å². The monoisotopic (exact) mass is 276 g/mol. The Balaban J connectivity index is 2.06. The third-order valence-electron chi connectivity index (χ3n) is 2.45. The maximum absolute atomic E-state index is 10.7. The molecular weight excluding hydrogens is 268 g/mol. The van der Waals surface area contributed by atoms with Crippen molar-refractivity contribution in [3.05, 3.63) is 52.4 Å². The number of aromatic carboxylic acids is 1. The lowest BCUT2D eigenvalue weighted by Gasteiger charge is -2.06. The fraction of sp³-hybridized carbons (Fsp3) is 0.0769. The third kappa shape index (κ3) is 3.06. The summed E-state index contributed by atoms with van der Waals surface area (Å²) >= 11 is 5.99. The summed E-state index contributed by atoms with van der Waals surface area (Å²) in [6, 6.07) is 8.30. The van der Waals surface area contributed by atoms with Crippen LogP contribution < -0.4 is 5.32 Å². The third-order valence-corrected chi connectivity index (χ3v) is 2.76. The zero-order valence-corrected chi connectivity index (χ0v) is 10.4. The molecule has 0 unspecified atom stereocenters. The van der Waals surface area contributed by atoms with Gasteiger partial charge in [0.15, 0.2) is 0 Å². The van der Waals surface area contributed by atoms with Crippen LogP contribution in [0.3, 0.4) is 0 Å². The van der Waals surface area contributed by atoms with Gasteiger partial charge in [0.25, 0.3) is 0 Å². The minimum atomic E-state index is -1.04. The Bertz CT molecular complexity index is 658. The van der Waals surface area contributed by atoms with Crippen molar-refractivity contribution in [2.45, 2.75) is 6.54 Å². The Labute approximate surface area is 114 Å². The van der Waals surface area contributed by atoms with E-state index in [1.165, 1.54) is 12.3 Å². The number of hydrogen-bond donors (Lipinski definition) is 2. The van der Waals surface area contributed by atoms with Crippen LogP contribution in [0.4, 0.5) is 5.69 Å². The number of anilines is 1. The molecule has 96 valence electrons. The molecule has 0 aliphatic heterocycles. The lowest BCUT2D eigenvalue weighted by atomic mass is 10.2. The number of nitrogens with one attached hydrogen (secondary N) is 1. The molecule has 0 fully saturated rings. The van der Waals surface area contributed by atoms with Crippen LogP contribution in [0.5, 0.6) is 0 Å². The molecule has 5 nitrogen and oxygen atoms in total. The Morgan fingerprint density at radius 2 is 2.26 bits per heavy atom. The number of nitrogens with zero attached hydrogens (tertiary/aromatic N) is 1. The number of benzene rings is 1. The Hall–Kier alpha value is -2.45. The van der Waals surface area contributed by atoms with Crippen molar-refractivity contribution >= 4 is 23.3 Å². The van der Waals surface area contributed by atoms with E-state index in [4.69, 9.17) is 26.4 Å². The van der Waals surface area contributed by atoms with Crippen LogP contribution in [0.2, 0.25) is 5.02 Å². The topological polar surface area (TPSA) is 86.3 Å². The molecule has 0 atom stereocenters. The second kappa shape index (κ2) is 5.46. The molecule has 0 aliphatic carbocycles. The standard InChI is InChI=1S/C13H9ClN2O3/c14-11-3-8(5-15)1-2-12(11)16-6-10-4-9(7-19-10)13(17)18/h1-4,7,16H,6H2,(H,17,18). The molecule has 0 aliphatic rings. The van der Waals surface area contributed by atoms with Gasteiger partial charge in [-0.3, -0.25) is 0 Å². The average Bonchev–Trinajstić information content (AvgIpc) is 2.86. The Morgan fingerprint density at radius 3 is 2.84 bits per heavy atom. The van der Waals surface area contributed by atoms with E-state index >= 15 is 0 Å². The van der Waals surface area contributed by atoms with E-state index in [0.717, 1.165) is 0 Å². The summed E-state index contributed by atoms with van der Waals surface area (Å²) in [4.78, 5) is 10.7. The molecule has 0 radical (unpaired) electrons. The predicted octanol–water partition coefficient (Wildman–Crippen LogP) is 3.11. The first-order valence-corrected chi connectivity index (χ1v) is 5.72. The first-order chi connectivity index (χ1) is 9.10. The SMILES string of the molecule is N#Cc1ccc(NCc2cc(C(=O)O)co2)c(Cl)c1. The van der Waals surface area contributed by atoms with Gasteiger partial charge >= 0.3 is 5.97 Å². The van der Waals surface area contributed by atoms with Crippen molar-refractivity contribution in [2.75, 3.05) is 5.32 Å². The Kier molecular flexibility index (Phi) is 3.74. The minimum Gasteiger partial charge on any atom is -0.478 e. The largest absolute Gasteiger partial charge is 0.478 e. The fourth-order valence-corrected chi connectivity index (χ4v) is 1.74. The van der Waals surface area contributed by atoms with Gasteiger partial charge in [-0.1, -0.05) is 11.6 Å². The van der Waals surface area contributed by atoms with E-state index in [-0.39, 0.29) is 5.56 Å². The highest BCUT2D eigenvalue weighted by Crippen LogP contribution is 2.23. The maximum atomic E-state index is 10.7. The van der Waals surface area contributed by atoms with Crippen LogP contribution in [-0.2, 0) is 6.54 Å². The van der Waals surface area contributed by atoms with Crippen LogP contribution in [0.1, 0.15) is 21.7 Å². The fourth-order valence-electron chi connectivity index (χ4n) is 1.50. The maximum Gasteiger partial charge on any atom is 0.338 e. The normalized spacial score (nSPS) is 9.89. The van der Waals surface area contributed by atoms with Gasteiger partial charge in [0.05, 0.1) is 34.5 Å². The zero-order chi connectivity index (χ0) is 13.8. The number of carbonyl (C=O) groups is 1. The van der Waals surface area contributed by atoms with Gasteiger partial charge in [-0.25, -0.2) is 4.79 Å². The number of carboxylic acid groups (broad SMARTS) is 1. The summed E-state index contributed by atoms with van der Waals surface area (Å²) in [5.41, 5.74) is 1.22. The number of rotatable bonds is 4. The van der Waals surface area contributed by atoms with E-state index in [1.807, 2.05) is 6.07 Å². The van der Waals surface area contributed by atoms with Crippen molar-refractivity contribution in [3.63, 3.8) is 0 Å². The highest BCUT2D eigenvalue weighted by Gasteiger charge is 2.08. The number of hydrogen-bond acceptors (Lipinski definition) is 4. The first kappa shape index (κ1) is 13.0. The van der Waals surface area contributed by atoms with Crippen molar-refractivity contribution < 1.29 is 14.3 Å². The molecule has 2 N–H and O–H groups in total. The minimum absolute atomic E-state index is 0.0997. The van der Waals surface area contributed by atoms with E-state index in [0.29, 0.717) is 28.6 Å². The number of halogens is 1. The summed E-state index contributed by atoms with van der Waals surface area (Å²) in [5.74, 6) is -0.552. The molecule has 0 bridgehead atoms. The molecule has 2 rings (SSSR count). The molecule has 0 saturated carbocycles. The van der Waals surface area contributed by atoms with Gasteiger partial charge in [-0.05, 0) is 24.3 Å². The van der Waals surface area contributed by atoms with E-state index in [1.54, 1.807) is 18.2 Å². The van der Waals surface area contributed by atoms with Crippen LogP contribution in [0.25, 0.3) is 0 Å². The van der Waals surface area contributed by atoms with Crippen LogP contribution in [0, 0.1) is 11.3 Å². The smallest absolute Gasteiger partial charge is 0.338 e. The molecule has 0 spiro atoms. The Morgan fingerprint density at radius 1 is 1.47 bits per heavy atom. The number of carboxylic acids is 1. The number of furan rings is 1. The molecule has 1 heterocycles. The molecule has 2 aromatic rings. The van der Waals surface area contributed by atoms with Gasteiger partial charge in [0.2, 0.25) is 0 Å². The van der Waals surface area contributed by atoms with Crippen molar-refractivity contribution in [3.8, 4) is 6.07 Å². The highest BCUT2D eigenvalue weighted by atomic mass is 35.5. The molecule has 19 heavy (non-hydrogen) atoms. The molecule has 6 heteroatoms. The lowest BCUT2D eigenvalue weighted by molar-refractivity contribution is 0.0696. The van der Waals surface area contributed by atoms with Gasteiger partial charge in [0.1, 0.15) is 12.0 Å². The van der Waals surface area contributed by atoms with E-state index < -0.39 is 5.97 Å². The van der Waals surface area contributed by atoms with Gasteiger partial charge < -0.3 is 14.8 Å². The lowest BCUT2D eigenvalue weighted by Crippen LogP contribution is -1.99. The summed E-state index contributed by atoms with van der Waals surface area (Å²) in [7, 11) is 0. The summed E-state index contributed by atoms with van der Waals surface area (Å²) in [6.45, 7) is 0.304. The van der Waals surface area contributed by atoms with Gasteiger partial charge in [-0.2, -0.15) is 5.26 Å². The summed E-state index contributed by atoms with van der Waals surface area (Å²) in [6.07, 6.45) is 1.18. The number of nitriles is 1. The molecular formula is C13H9ClN2O3. The van der Waals surface area contributed by atoms with E-state index in [2.05, 4.69) is 5.32 Å². The van der Waals surface area contributed by atoms with Gasteiger partial charge in [0, 0.05) is 0 Å².